The SMILES string of the molecule is Cc1ccc(C(=O)OCC(=O)N2CCC[C@H](c3nc4ccccc4s3)C2)cc1C. The standard InChI is InChI=1S/C23H24N2O3S/c1-15-9-10-17(12-16(15)2)23(27)28-14-21(26)25-11-5-6-18(13-25)22-24-19-7-3-4-8-20(19)29-22/h3-4,7-10,12,18H,5-6,11,13-14H2,1-2H3/t18-/m0/s1. The molecule has 3 aromatic rings. The molecule has 1 aliphatic heterocycles. The summed E-state index contributed by atoms with van der Waals surface area (Å²) in [7, 11) is 0. The number of aromatic nitrogens is 1. The van der Waals surface area contributed by atoms with Crippen LogP contribution in [0.5, 0.6) is 0 Å². The molecule has 1 aliphatic rings. The number of hydrogen-bond donors (Lipinski definition) is 0. The lowest BCUT2D eigenvalue weighted by Gasteiger charge is -2.31. The highest BCUT2D eigenvalue weighted by atomic mass is 32.1. The van der Waals surface area contributed by atoms with E-state index in [2.05, 4.69) is 6.07 Å². The lowest BCUT2D eigenvalue weighted by Crippen LogP contribution is -2.41. The molecule has 1 fully saturated rings. The summed E-state index contributed by atoms with van der Waals surface area (Å²) in [5.74, 6) is -0.366. The lowest BCUT2D eigenvalue weighted by molar-refractivity contribution is -0.135. The smallest absolute Gasteiger partial charge is 0.338 e. The Balaban J connectivity index is 1.37. The van der Waals surface area contributed by atoms with Crippen molar-refractivity contribution in [2.45, 2.75) is 32.6 Å². The highest BCUT2D eigenvalue weighted by Gasteiger charge is 2.27. The van der Waals surface area contributed by atoms with Crippen molar-refractivity contribution in [3.05, 3.63) is 64.2 Å². The molecule has 150 valence electrons. The van der Waals surface area contributed by atoms with Crippen molar-refractivity contribution in [2.75, 3.05) is 19.7 Å². The van der Waals surface area contributed by atoms with Crippen LogP contribution in [0, 0.1) is 13.8 Å². The molecule has 0 aliphatic carbocycles. The first kappa shape index (κ1) is 19.6. The minimum Gasteiger partial charge on any atom is -0.452 e. The Morgan fingerprint density at radius 1 is 1.17 bits per heavy atom. The van der Waals surface area contributed by atoms with Gasteiger partial charge >= 0.3 is 5.97 Å². The molecule has 2 aromatic carbocycles. The minimum atomic E-state index is -0.457. The molecular formula is C23H24N2O3S. The molecule has 0 unspecified atom stereocenters. The molecule has 1 atom stereocenters. The van der Waals surface area contributed by atoms with Gasteiger partial charge in [-0.2, -0.15) is 0 Å². The van der Waals surface area contributed by atoms with Gasteiger partial charge in [0, 0.05) is 19.0 Å². The Bertz CT molecular complexity index is 1030. The van der Waals surface area contributed by atoms with Gasteiger partial charge in [-0.3, -0.25) is 4.79 Å². The number of carbonyl (C=O) groups excluding carboxylic acids is 2. The van der Waals surface area contributed by atoms with Gasteiger partial charge in [0.05, 0.1) is 20.8 Å². The first-order chi connectivity index (χ1) is 14.0. The second-order valence-electron chi connectivity index (χ2n) is 7.57. The lowest BCUT2D eigenvalue weighted by atomic mass is 9.99. The molecule has 1 saturated heterocycles. The maximum atomic E-state index is 12.6. The van der Waals surface area contributed by atoms with Crippen molar-refractivity contribution in [3.63, 3.8) is 0 Å². The van der Waals surface area contributed by atoms with Gasteiger partial charge in [-0.1, -0.05) is 18.2 Å². The number of fused-ring (bicyclic) bond motifs is 1. The van der Waals surface area contributed by atoms with E-state index < -0.39 is 5.97 Å². The van der Waals surface area contributed by atoms with E-state index in [1.54, 1.807) is 28.4 Å². The normalized spacial score (nSPS) is 16.8. The molecule has 0 N–H and O–H groups in total. The number of esters is 1. The second-order valence-corrected chi connectivity index (χ2v) is 8.64. The molecule has 5 nitrogen and oxygen atoms in total. The number of hydrogen-bond acceptors (Lipinski definition) is 5. The first-order valence-corrected chi connectivity index (χ1v) is 10.7. The summed E-state index contributed by atoms with van der Waals surface area (Å²) in [5, 5.41) is 1.08. The van der Waals surface area contributed by atoms with Gasteiger partial charge in [0.25, 0.3) is 5.91 Å². The Morgan fingerprint density at radius 3 is 2.79 bits per heavy atom. The molecule has 29 heavy (non-hydrogen) atoms. The van der Waals surface area contributed by atoms with Crippen LogP contribution < -0.4 is 0 Å². The largest absolute Gasteiger partial charge is 0.452 e. The van der Waals surface area contributed by atoms with Gasteiger partial charge in [0.1, 0.15) is 0 Å². The average Bonchev–Trinajstić information content (AvgIpc) is 3.18. The van der Waals surface area contributed by atoms with Crippen molar-refractivity contribution >= 4 is 33.4 Å². The summed E-state index contributed by atoms with van der Waals surface area (Å²) in [4.78, 5) is 31.5. The summed E-state index contributed by atoms with van der Waals surface area (Å²) in [6, 6.07) is 13.5. The van der Waals surface area contributed by atoms with E-state index in [1.807, 2.05) is 38.1 Å². The van der Waals surface area contributed by atoms with E-state index in [1.165, 1.54) is 4.70 Å². The number of likely N-dealkylation sites (tertiary alicyclic amines) is 1. The Labute approximate surface area is 174 Å². The molecule has 6 heteroatoms. The maximum absolute atomic E-state index is 12.6. The molecule has 0 saturated carbocycles. The van der Waals surface area contributed by atoms with E-state index in [9.17, 15) is 9.59 Å². The van der Waals surface area contributed by atoms with Crippen LogP contribution >= 0.6 is 11.3 Å². The fourth-order valence-corrected chi connectivity index (χ4v) is 4.73. The summed E-state index contributed by atoms with van der Waals surface area (Å²) in [6.07, 6.45) is 1.95. The fraction of sp³-hybridized carbons (Fsp3) is 0.348. The highest BCUT2D eigenvalue weighted by Crippen LogP contribution is 2.33. The van der Waals surface area contributed by atoms with Crippen LogP contribution in [-0.2, 0) is 9.53 Å². The monoisotopic (exact) mass is 408 g/mol. The topological polar surface area (TPSA) is 59.5 Å². The Morgan fingerprint density at radius 2 is 2.00 bits per heavy atom. The van der Waals surface area contributed by atoms with Crippen molar-refractivity contribution in [1.82, 2.24) is 9.88 Å². The zero-order valence-corrected chi connectivity index (χ0v) is 17.5. The van der Waals surface area contributed by atoms with Crippen LogP contribution in [0.15, 0.2) is 42.5 Å². The van der Waals surface area contributed by atoms with Gasteiger partial charge in [-0.25, -0.2) is 9.78 Å². The van der Waals surface area contributed by atoms with Gasteiger partial charge in [0.15, 0.2) is 6.61 Å². The predicted molar refractivity (Wildman–Crippen MR) is 114 cm³/mol. The van der Waals surface area contributed by atoms with Crippen LogP contribution in [0.1, 0.15) is 45.3 Å². The van der Waals surface area contributed by atoms with Gasteiger partial charge < -0.3 is 9.64 Å². The fourth-order valence-electron chi connectivity index (χ4n) is 3.64. The third-order valence-corrected chi connectivity index (χ3v) is 6.70. The molecule has 0 spiro atoms. The number of amides is 1. The number of rotatable bonds is 4. The Hall–Kier alpha value is -2.73. The number of aryl methyl sites for hydroxylation is 2. The van der Waals surface area contributed by atoms with Gasteiger partial charge in [-0.15, -0.1) is 11.3 Å². The second kappa shape index (κ2) is 8.33. The van der Waals surface area contributed by atoms with Crippen LogP contribution in [-0.4, -0.2) is 41.5 Å². The molecule has 0 bridgehead atoms. The molecule has 1 amide bonds. The summed E-state index contributed by atoms with van der Waals surface area (Å²) in [6.45, 7) is 5.04. The highest BCUT2D eigenvalue weighted by molar-refractivity contribution is 7.18. The van der Waals surface area contributed by atoms with Crippen LogP contribution in [0.2, 0.25) is 0 Å². The summed E-state index contributed by atoms with van der Waals surface area (Å²) in [5.41, 5.74) is 3.64. The van der Waals surface area contributed by atoms with Crippen molar-refractivity contribution in [1.29, 1.82) is 0 Å². The number of piperidine rings is 1. The van der Waals surface area contributed by atoms with Crippen LogP contribution in [0.4, 0.5) is 0 Å². The van der Waals surface area contributed by atoms with Gasteiger partial charge in [0.2, 0.25) is 0 Å². The van der Waals surface area contributed by atoms with Crippen molar-refractivity contribution < 1.29 is 14.3 Å². The van der Waals surface area contributed by atoms with Gasteiger partial charge in [-0.05, 0) is 62.1 Å². The number of nitrogens with zero attached hydrogens (tertiary/aromatic N) is 2. The third kappa shape index (κ3) is 4.32. The van der Waals surface area contributed by atoms with Crippen LogP contribution in [0.3, 0.4) is 0 Å². The number of thiazole rings is 1. The van der Waals surface area contributed by atoms with E-state index >= 15 is 0 Å². The molecule has 0 radical (unpaired) electrons. The van der Waals surface area contributed by atoms with Crippen molar-refractivity contribution in [3.8, 4) is 0 Å². The minimum absolute atomic E-state index is 0.145. The summed E-state index contributed by atoms with van der Waals surface area (Å²) >= 11 is 1.70. The quantitative estimate of drug-likeness (QED) is 0.598. The summed E-state index contributed by atoms with van der Waals surface area (Å²) < 4.78 is 6.46. The van der Waals surface area contributed by atoms with E-state index in [0.29, 0.717) is 18.7 Å². The Kier molecular flexibility index (Phi) is 5.62. The van der Waals surface area contributed by atoms with Crippen LogP contribution in [0.25, 0.3) is 10.2 Å². The number of carbonyl (C=O) groups is 2. The maximum Gasteiger partial charge on any atom is 0.338 e. The molecule has 2 heterocycles. The zero-order chi connectivity index (χ0) is 20.4. The molecule has 1 aromatic heterocycles. The number of ether oxygens (including phenoxy) is 1. The van der Waals surface area contributed by atoms with E-state index in [4.69, 9.17) is 9.72 Å². The average molecular weight is 409 g/mol. The first-order valence-electron chi connectivity index (χ1n) is 9.89. The van der Waals surface area contributed by atoms with Crippen molar-refractivity contribution in [2.24, 2.45) is 0 Å². The molecule has 4 rings (SSSR count). The zero-order valence-electron chi connectivity index (χ0n) is 16.7. The predicted octanol–water partition coefficient (Wildman–Crippen LogP) is 4.48. The molecular weight excluding hydrogens is 384 g/mol. The van der Waals surface area contributed by atoms with E-state index in [0.717, 1.165) is 34.5 Å². The number of para-hydroxylation sites is 1. The third-order valence-electron chi connectivity index (χ3n) is 5.50. The van der Waals surface area contributed by atoms with E-state index in [-0.39, 0.29) is 18.4 Å². The number of benzene rings is 2.